The third-order valence-electron chi connectivity index (χ3n) is 3.12. The van der Waals surface area contributed by atoms with Crippen molar-refractivity contribution in [3.8, 4) is 0 Å². The Labute approximate surface area is 129 Å². The Kier molecular flexibility index (Phi) is 8.00. The fourth-order valence-electron chi connectivity index (χ4n) is 2.20. The van der Waals surface area contributed by atoms with Crippen molar-refractivity contribution in [3.63, 3.8) is 0 Å². The molecule has 0 bridgehead atoms. The quantitative estimate of drug-likeness (QED) is 0.739. The number of hydrogen-bond acceptors (Lipinski definition) is 2. The van der Waals surface area contributed by atoms with Crippen molar-refractivity contribution in [1.29, 1.82) is 0 Å². The molecule has 4 heteroatoms. The van der Waals surface area contributed by atoms with Crippen LogP contribution in [0.3, 0.4) is 0 Å². The average molecular weight is 349 g/mol. The van der Waals surface area contributed by atoms with E-state index in [0.29, 0.717) is 5.02 Å². The minimum Gasteiger partial charge on any atom is -0.388 e. The molecule has 1 N–H and O–H groups in total. The van der Waals surface area contributed by atoms with Crippen molar-refractivity contribution in [1.82, 2.24) is 4.90 Å². The normalized spacial score (nSPS) is 12.9. The minimum absolute atomic E-state index is 0.489. The number of aliphatic hydroxyl groups excluding tert-OH is 1. The predicted octanol–water partition coefficient (Wildman–Crippen LogP) is 4.65. The lowest BCUT2D eigenvalue weighted by Crippen LogP contribution is -2.27. The standard InChI is InChI=1S/C15H23BrClNO/c1-3-8-18(9-4-2)10-7-15(19)13-6-5-12(16)11-14(13)17/h5-6,11,15,19H,3-4,7-10H2,1-2H3. The van der Waals surface area contributed by atoms with Gasteiger partial charge in [0.1, 0.15) is 0 Å². The van der Waals surface area contributed by atoms with Crippen LogP contribution in [0.5, 0.6) is 0 Å². The summed E-state index contributed by atoms with van der Waals surface area (Å²) in [7, 11) is 0. The van der Waals surface area contributed by atoms with Gasteiger partial charge in [0.25, 0.3) is 0 Å². The van der Waals surface area contributed by atoms with Crippen molar-refractivity contribution in [2.24, 2.45) is 0 Å². The van der Waals surface area contributed by atoms with Crippen LogP contribution >= 0.6 is 27.5 Å². The van der Waals surface area contributed by atoms with E-state index in [9.17, 15) is 5.11 Å². The van der Waals surface area contributed by atoms with E-state index in [1.807, 2.05) is 18.2 Å². The Morgan fingerprint density at radius 3 is 2.37 bits per heavy atom. The molecule has 0 spiro atoms. The summed E-state index contributed by atoms with van der Waals surface area (Å²) in [4.78, 5) is 2.40. The summed E-state index contributed by atoms with van der Waals surface area (Å²) in [5.74, 6) is 0. The average Bonchev–Trinajstić information content (AvgIpc) is 2.36. The number of halogens is 2. The van der Waals surface area contributed by atoms with Crippen LogP contribution in [0.4, 0.5) is 0 Å². The molecule has 0 aliphatic heterocycles. The van der Waals surface area contributed by atoms with Crippen LogP contribution in [0.1, 0.15) is 44.8 Å². The lowest BCUT2D eigenvalue weighted by Gasteiger charge is -2.23. The monoisotopic (exact) mass is 347 g/mol. The molecule has 0 fully saturated rings. The zero-order valence-corrected chi connectivity index (χ0v) is 14.0. The van der Waals surface area contributed by atoms with Crippen molar-refractivity contribution in [2.45, 2.75) is 39.2 Å². The molecule has 0 amide bonds. The van der Waals surface area contributed by atoms with Gasteiger partial charge in [0, 0.05) is 16.0 Å². The van der Waals surface area contributed by atoms with E-state index >= 15 is 0 Å². The zero-order chi connectivity index (χ0) is 14.3. The molecule has 0 saturated heterocycles. The van der Waals surface area contributed by atoms with Gasteiger partial charge in [-0.15, -0.1) is 0 Å². The first-order valence-electron chi connectivity index (χ1n) is 6.93. The van der Waals surface area contributed by atoms with Crippen LogP contribution in [0.15, 0.2) is 22.7 Å². The summed E-state index contributed by atoms with van der Waals surface area (Å²) in [6.45, 7) is 7.47. The van der Waals surface area contributed by atoms with Gasteiger partial charge in [-0.3, -0.25) is 0 Å². The van der Waals surface area contributed by atoms with E-state index in [4.69, 9.17) is 11.6 Å². The molecule has 0 aliphatic rings. The Morgan fingerprint density at radius 2 is 1.84 bits per heavy atom. The van der Waals surface area contributed by atoms with Crippen LogP contribution in [-0.4, -0.2) is 29.6 Å². The molecule has 0 radical (unpaired) electrons. The van der Waals surface area contributed by atoms with Gasteiger partial charge in [0.15, 0.2) is 0 Å². The van der Waals surface area contributed by atoms with E-state index in [1.165, 1.54) is 0 Å². The van der Waals surface area contributed by atoms with Gasteiger partial charge in [-0.25, -0.2) is 0 Å². The fourth-order valence-corrected chi connectivity index (χ4v) is 3.00. The Bertz CT molecular complexity index is 380. The zero-order valence-electron chi connectivity index (χ0n) is 11.7. The predicted molar refractivity (Wildman–Crippen MR) is 85.8 cm³/mol. The molecule has 19 heavy (non-hydrogen) atoms. The van der Waals surface area contributed by atoms with Crippen molar-refractivity contribution >= 4 is 27.5 Å². The van der Waals surface area contributed by atoms with E-state index in [0.717, 1.165) is 48.9 Å². The smallest absolute Gasteiger partial charge is 0.0816 e. The van der Waals surface area contributed by atoms with Gasteiger partial charge in [0.2, 0.25) is 0 Å². The van der Waals surface area contributed by atoms with E-state index in [2.05, 4.69) is 34.7 Å². The van der Waals surface area contributed by atoms with Gasteiger partial charge in [-0.1, -0.05) is 47.4 Å². The van der Waals surface area contributed by atoms with Gasteiger partial charge in [-0.05, 0) is 50.0 Å². The summed E-state index contributed by atoms with van der Waals surface area (Å²) in [5, 5.41) is 10.9. The molecule has 0 heterocycles. The molecule has 1 aromatic rings. The van der Waals surface area contributed by atoms with Crippen molar-refractivity contribution in [3.05, 3.63) is 33.3 Å². The summed E-state index contributed by atoms with van der Waals surface area (Å²) in [5.41, 5.74) is 0.817. The van der Waals surface area contributed by atoms with Crippen LogP contribution in [0.2, 0.25) is 5.02 Å². The largest absolute Gasteiger partial charge is 0.388 e. The van der Waals surface area contributed by atoms with Gasteiger partial charge < -0.3 is 10.0 Å². The molecule has 1 unspecified atom stereocenters. The number of benzene rings is 1. The van der Waals surface area contributed by atoms with E-state index in [1.54, 1.807) is 0 Å². The molecule has 1 aromatic carbocycles. The number of rotatable bonds is 8. The molecule has 2 nitrogen and oxygen atoms in total. The second-order valence-electron chi connectivity index (χ2n) is 4.81. The maximum Gasteiger partial charge on any atom is 0.0816 e. The molecule has 0 saturated carbocycles. The first kappa shape index (κ1) is 17.0. The molecule has 1 atom stereocenters. The summed E-state index contributed by atoms with van der Waals surface area (Å²) < 4.78 is 0.937. The molecule has 1 rings (SSSR count). The van der Waals surface area contributed by atoms with Gasteiger partial charge >= 0.3 is 0 Å². The second-order valence-corrected chi connectivity index (χ2v) is 6.13. The maximum atomic E-state index is 10.3. The summed E-state index contributed by atoms with van der Waals surface area (Å²) >= 11 is 9.53. The number of aliphatic hydroxyl groups is 1. The molecular formula is C15H23BrClNO. The van der Waals surface area contributed by atoms with Crippen molar-refractivity contribution in [2.75, 3.05) is 19.6 Å². The van der Waals surface area contributed by atoms with Gasteiger partial charge in [0.05, 0.1) is 6.10 Å². The van der Waals surface area contributed by atoms with E-state index < -0.39 is 6.10 Å². The highest BCUT2D eigenvalue weighted by molar-refractivity contribution is 9.10. The summed E-state index contributed by atoms with van der Waals surface area (Å²) in [6, 6.07) is 5.64. The highest BCUT2D eigenvalue weighted by Crippen LogP contribution is 2.28. The molecule has 0 aliphatic carbocycles. The third-order valence-corrected chi connectivity index (χ3v) is 3.94. The first-order chi connectivity index (χ1) is 9.08. The van der Waals surface area contributed by atoms with Gasteiger partial charge in [-0.2, -0.15) is 0 Å². The fraction of sp³-hybridized carbons (Fsp3) is 0.600. The second kappa shape index (κ2) is 8.96. The first-order valence-corrected chi connectivity index (χ1v) is 8.10. The SMILES string of the molecule is CCCN(CCC)CCC(O)c1ccc(Br)cc1Cl. The Balaban J connectivity index is 2.55. The van der Waals surface area contributed by atoms with E-state index in [-0.39, 0.29) is 0 Å². The highest BCUT2D eigenvalue weighted by Gasteiger charge is 2.13. The topological polar surface area (TPSA) is 23.5 Å². The highest BCUT2D eigenvalue weighted by atomic mass is 79.9. The van der Waals surface area contributed by atoms with Crippen LogP contribution < -0.4 is 0 Å². The van der Waals surface area contributed by atoms with Crippen LogP contribution in [0, 0.1) is 0 Å². The number of hydrogen-bond donors (Lipinski definition) is 1. The Hall–Kier alpha value is -0.0900. The lowest BCUT2D eigenvalue weighted by molar-refractivity contribution is 0.142. The Morgan fingerprint density at radius 1 is 1.21 bits per heavy atom. The maximum absolute atomic E-state index is 10.3. The lowest BCUT2D eigenvalue weighted by atomic mass is 10.1. The van der Waals surface area contributed by atoms with Crippen LogP contribution in [-0.2, 0) is 0 Å². The minimum atomic E-state index is -0.489. The molecule has 108 valence electrons. The van der Waals surface area contributed by atoms with Crippen molar-refractivity contribution < 1.29 is 5.11 Å². The molecule has 0 aromatic heterocycles. The number of nitrogens with zero attached hydrogens (tertiary/aromatic N) is 1. The molecular weight excluding hydrogens is 326 g/mol. The van der Waals surface area contributed by atoms with Crippen LogP contribution in [0.25, 0.3) is 0 Å². The summed E-state index contributed by atoms with van der Waals surface area (Å²) in [6.07, 6.45) is 2.53. The third kappa shape index (κ3) is 5.82.